The van der Waals surface area contributed by atoms with E-state index in [0.717, 1.165) is 6.54 Å². The molecule has 1 aliphatic rings. The van der Waals surface area contributed by atoms with Crippen molar-refractivity contribution in [2.45, 2.75) is 57.2 Å². The number of likely N-dealkylation sites (N-methyl/N-ethyl adjacent to an activating group) is 1. The van der Waals surface area contributed by atoms with Crippen LogP contribution in [0.5, 0.6) is 0 Å². The van der Waals surface area contributed by atoms with Gasteiger partial charge < -0.3 is 9.84 Å². The lowest BCUT2D eigenvalue weighted by molar-refractivity contribution is 0.309. The number of nitrogens with zero attached hydrogens (tertiary/aromatic N) is 2. The summed E-state index contributed by atoms with van der Waals surface area (Å²) in [5.74, 6) is 1.43. The number of nitrogens with one attached hydrogen (secondary N) is 1. The van der Waals surface area contributed by atoms with Crippen molar-refractivity contribution in [3.63, 3.8) is 0 Å². The minimum Gasteiger partial charge on any atom is -0.339 e. The fourth-order valence-electron chi connectivity index (χ4n) is 2.92. The first-order valence-corrected chi connectivity index (χ1v) is 9.62. The van der Waals surface area contributed by atoms with Gasteiger partial charge in [-0.2, -0.15) is 4.98 Å². The van der Waals surface area contributed by atoms with Gasteiger partial charge in [0.2, 0.25) is 5.89 Å². The van der Waals surface area contributed by atoms with E-state index in [0.29, 0.717) is 24.3 Å². The average molecular weight is 315 g/mol. The van der Waals surface area contributed by atoms with Gasteiger partial charge in [-0.1, -0.05) is 24.9 Å². The summed E-state index contributed by atoms with van der Waals surface area (Å²) in [5, 5.41) is 6.60. The first-order valence-electron chi connectivity index (χ1n) is 7.66. The van der Waals surface area contributed by atoms with E-state index in [4.69, 9.17) is 4.52 Å². The number of hydrogen-bond acceptors (Lipinski definition) is 6. The molecule has 1 saturated carbocycles. The normalized spacial score (nSPS) is 19.8. The zero-order valence-electron chi connectivity index (χ0n) is 13.0. The van der Waals surface area contributed by atoms with Crippen LogP contribution in [-0.4, -0.2) is 37.4 Å². The fourth-order valence-corrected chi connectivity index (χ4v) is 3.40. The SMILES string of the molecule is CCNC(Cc1nc(C(C)S(C)(=O)=O)no1)C1CCCC1. The molecule has 1 heterocycles. The topological polar surface area (TPSA) is 85.1 Å². The number of sulfone groups is 1. The van der Waals surface area contributed by atoms with Crippen LogP contribution in [-0.2, 0) is 16.3 Å². The molecule has 0 radical (unpaired) electrons. The van der Waals surface area contributed by atoms with Crippen molar-refractivity contribution < 1.29 is 12.9 Å². The van der Waals surface area contributed by atoms with Crippen molar-refractivity contribution in [2.24, 2.45) is 5.92 Å². The summed E-state index contributed by atoms with van der Waals surface area (Å²) >= 11 is 0. The third kappa shape index (κ3) is 4.26. The molecule has 0 amide bonds. The van der Waals surface area contributed by atoms with Crippen molar-refractivity contribution in [1.82, 2.24) is 15.5 Å². The van der Waals surface area contributed by atoms with E-state index in [9.17, 15) is 8.42 Å². The Morgan fingerprint density at radius 1 is 1.38 bits per heavy atom. The minimum atomic E-state index is -3.20. The zero-order valence-corrected chi connectivity index (χ0v) is 13.8. The van der Waals surface area contributed by atoms with Crippen LogP contribution in [0.15, 0.2) is 4.52 Å². The van der Waals surface area contributed by atoms with Gasteiger partial charge in [-0.15, -0.1) is 0 Å². The maximum absolute atomic E-state index is 11.5. The van der Waals surface area contributed by atoms with Gasteiger partial charge in [0.05, 0.1) is 0 Å². The lowest BCUT2D eigenvalue weighted by Gasteiger charge is -2.22. The van der Waals surface area contributed by atoms with Gasteiger partial charge in [-0.05, 0) is 32.2 Å². The van der Waals surface area contributed by atoms with E-state index < -0.39 is 15.1 Å². The van der Waals surface area contributed by atoms with Crippen molar-refractivity contribution >= 4 is 9.84 Å². The molecule has 120 valence electrons. The first-order chi connectivity index (χ1) is 9.91. The van der Waals surface area contributed by atoms with E-state index in [1.807, 2.05) is 0 Å². The van der Waals surface area contributed by atoms with Gasteiger partial charge in [0, 0.05) is 18.7 Å². The van der Waals surface area contributed by atoms with Crippen LogP contribution in [0.3, 0.4) is 0 Å². The molecule has 1 N–H and O–H groups in total. The lowest BCUT2D eigenvalue weighted by Crippen LogP contribution is -2.37. The van der Waals surface area contributed by atoms with E-state index >= 15 is 0 Å². The van der Waals surface area contributed by atoms with E-state index in [1.165, 1.54) is 31.9 Å². The van der Waals surface area contributed by atoms with E-state index in [-0.39, 0.29) is 5.82 Å². The van der Waals surface area contributed by atoms with Gasteiger partial charge in [-0.3, -0.25) is 0 Å². The smallest absolute Gasteiger partial charge is 0.228 e. The van der Waals surface area contributed by atoms with Crippen LogP contribution >= 0.6 is 0 Å². The Morgan fingerprint density at radius 2 is 2.05 bits per heavy atom. The Bertz CT molecular complexity index is 550. The molecule has 1 aromatic rings. The summed E-state index contributed by atoms with van der Waals surface area (Å²) in [4.78, 5) is 4.27. The monoisotopic (exact) mass is 315 g/mol. The molecular weight excluding hydrogens is 290 g/mol. The fraction of sp³-hybridized carbons (Fsp3) is 0.857. The van der Waals surface area contributed by atoms with Crippen molar-refractivity contribution in [3.8, 4) is 0 Å². The van der Waals surface area contributed by atoms with Crippen LogP contribution in [0.1, 0.15) is 56.5 Å². The summed E-state index contributed by atoms with van der Waals surface area (Å²) in [6.45, 7) is 4.58. The molecular formula is C14H25N3O3S. The van der Waals surface area contributed by atoms with Crippen LogP contribution in [0.25, 0.3) is 0 Å². The molecule has 21 heavy (non-hydrogen) atoms. The van der Waals surface area contributed by atoms with Crippen LogP contribution in [0.2, 0.25) is 0 Å². The number of aromatic nitrogens is 2. The highest BCUT2D eigenvalue weighted by Crippen LogP contribution is 2.29. The summed E-state index contributed by atoms with van der Waals surface area (Å²) in [7, 11) is -3.20. The summed E-state index contributed by atoms with van der Waals surface area (Å²) < 4.78 is 28.3. The molecule has 2 rings (SSSR count). The summed E-state index contributed by atoms with van der Waals surface area (Å²) in [5.41, 5.74) is 0. The highest BCUT2D eigenvalue weighted by molar-refractivity contribution is 7.90. The Kier molecular flexibility index (Phi) is 5.37. The third-order valence-corrected chi connectivity index (χ3v) is 5.81. The number of rotatable bonds is 7. The molecule has 1 aromatic heterocycles. The third-order valence-electron chi connectivity index (χ3n) is 4.32. The zero-order chi connectivity index (χ0) is 15.5. The highest BCUT2D eigenvalue weighted by atomic mass is 32.2. The molecule has 2 atom stereocenters. The number of hydrogen-bond donors (Lipinski definition) is 1. The van der Waals surface area contributed by atoms with Gasteiger partial charge in [0.1, 0.15) is 5.25 Å². The van der Waals surface area contributed by atoms with Gasteiger partial charge >= 0.3 is 0 Å². The molecule has 1 aliphatic carbocycles. The molecule has 1 fully saturated rings. The Balaban J connectivity index is 2.06. The maximum atomic E-state index is 11.5. The second-order valence-corrected chi connectivity index (χ2v) is 8.30. The Hall–Kier alpha value is -0.950. The van der Waals surface area contributed by atoms with Crippen LogP contribution in [0, 0.1) is 5.92 Å². The minimum absolute atomic E-state index is 0.258. The molecule has 2 unspecified atom stereocenters. The second-order valence-electron chi connectivity index (χ2n) is 5.93. The van der Waals surface area contributed by atoms with Gasteiger partial charge in [0.15, 0.2) is 15.7 Å². The van der Waals surface area contributed by atoms with Crippen molar-refractivity contribution in [3.05, 3.63) is 11.7 Å². The molecule has 0 bridgehead atoms. The largest absolute Gasteiger partial charge is 0.339 e. The van der Waals surface area contributed by atoms with E-state index in [1.54, 1.807) is 6.92 Å². The Morgan fingerprint density at radius 3 is 2.62 bits per heavy atom. The van der Waals surface area contributed by atoms with Crippen molar-refractivity contribution in [2.75, 3.05) is 12.8 Å². The molecule has 0 saturated heterocycles. The maximum Gasteiger partial charge on any atom is 0.228 e. The quantitative estimate of drug-likeness (QED) is 0.827. The Labute approximate surface area is 126 Å². The summed E-state index contributed by atoms with van der Waals surface area (Å²) in [6, 6.07) is 0.333. The molecule has 0 aromatic carbocycles. The standard InChI is InChI=1S/C14H25N3O3S/c1-4-15-12(11-7-5-6-8-11)9-13-16-14(17-20-13)10(2)21(3,18)19/h10-12,15H,4-9H2,1-3H3. The van der Waals surface area contributed by atoms with Crippen molar-refractivity contribution in [1.29, 1.82) is 0 Å². The second kappa shape index (κ2) is 6.87. The predicted molar refractivity (Wildman–Crippen MR) is 80.7 cm³/mol. The molecule has 0 spiro atoms. The molecule has 6 nitrogen and oxygen atoms in total. The van der Waals surface area contributed by atoms with Gasteiger partial charge in [-0.25, -0.2) is 8.42 Å². The average Bonchev–Trinajstić information content (AvgIpc) is 3.07. The predicted octanol–water partition coefficient (Wildman–Crippen LogP) is 1.89. The molecule has 7 heteroatoms. The highest BCUT2D eigenvalue weighted by Gasteiger charge is 2.28. The van der Waals surface area contributed by atoms with E-state index in [2.05, 4.69) is 22.4 Å². The van der Waals surface area contributed by atoms with Crippen LogP contribution < -0.4 is 5.32 Å². The summed E-state index contributed by atoms with van der Waals surface area (Å²) in [6.07, 6.45) is 6.89. The first kappa shape index (κ1) is 16.4. The van der Waals surface area contributed by atoms with Crippen LogP contribution in [0.4, 0.5) is 0 Å². The molecule has 0 aliphatic heterocycles. The lowest BCUT2D eigenvalue weighted by atomic mass is 9.95. The van der Waals surface area contributed by atoms with Gasteiger partial charge in [0.25, 0.3) is 0 Å².